The third kappa shape index (κ3) is 3.79. The standard InChI is InChI=1S/C13H14F3NO3/c14-13(15,16)20-11-6-5-8(7-10(11)17)12(18)19-9-3-1-2-4-9/h5-7,9H,1-4,17H2. The van der Waals surface area contributed by atoms with Gasteiger partial charge in [-0.1, -0.05) is 0 Å². The molecule has 0 bridgehead atoms. The van der Waals surface area contributed by atoms with E-state index in [0.29, 0.717) is 0 Å². The number of halogens is 3. The maximum atomic E-state index is 12.1. The minimum atomic E-state index is -4.82. The topological polar surface area (TPSA) is 61.6 Å². The van der Waals surface area contributed by atoms with Crippen molar-refractivity contribution >= 4 is 11.7 Å². The second-order valence-corrected chi connectivity index (χ2v) is 4.61. The molecule has 4 nitrogen and oxygen atoms in total. The summed E-state index contributed by atoms with van der Waals surface area (Å²) in [7, 11) is 0. The number of anilines is 1. The number of esters is 1. The molecule has 0 atom stereocenters. The van der Waals surface area contributed by atoms with Gasteiger partial charge in [-0.05, 0) is 43.9 Å². The number of benzene rings is 1. The summed E-state index contributed by atoms with van der Waals surface area (Å²) in [6.45, 7) is 0. The van der Waals surface area contributed by atoms with Crippen LogP contribution >= 0.6 is 0 Å². The first-order valence-corrected chi connectivity index (χ1v) is 6.21. The fourth-order valence-electron chi connectivity index (χ4n) is 2.12. The average Bonchev–Trinajstić information content (AvgIpc) is 2.83. The molecule has 110 valence electrons. The summed E-state index contributed by atoms with van der Waals surface area (Å²) in [4.78, 5) is 11.8. The molecule has 0 spiro atoms. The van der Waals surface area contributed by atoms with E-state index in [1.54, 1.807) is 0 Å². The van der Waals surface area contributed by atoms with Gasteiger partial charge < -0.3 is 15.2 Å². The van der Waals surface area contributed by atoms with E-state index in [4.69, 9.17) is 10.5 Å². The molecule has 1 aliphatic rings. The van der Waals surface area contributed by atoms with E-state index in [0.717, 1.165) is 37.8 Å². The first-order chi connectivity index (χ1) is 9.35. The Morgan fingerprint density at radius 3 is 2.45 bits per heavy atom. The Labute approximate surface area is 113 Å². The second kappa shape index (κ2) is 5.60. The van der Waals surface area contributed by atoms with Crippen LogP contribution < -0.4 is 10.5 Å². The molecular formula is C13H14F3NO3. The molecule has 0 radical (unpaired) electrons. The number of ether oxygens (including phenoxy) is 2. The van der Waals surface area contributed by atoms with Crippen LogP contribution in [0.1, 0.15) is 36.0 Å². The molecule has 0 unspecified atom stereocenters. The number of hydrogen-bond donors (Lipinski definition) is 1. The fourth-order valence-corrected chi connectivity index (χ4v) is 2.12. The van der Waals surface area contributed by atoms with E-state index in [-0.39, 0.29) is 17.4 Å². The fraction of sp³-hybridized carbons (Fsp3) is 0.462. The largest absolute Gasteiger partial charge is 0.573 e. The highest BCUT2D eigenvalue weighted by Gasteiger charge is 2.32. The zero-order valence-corrected chi connectivity index (χ0v) is 10.6. The number of carbonyl (C=O) groups is 1. The molecule has 2 rings (SSSR count). The van der Waals surface area contributed by atoms with Crippen LogP contribution in [0.3, 0.4) is 0 Å². The lowest BCUT2D eigenvalue weighted by molar-refractivity contribution is -0.274. The van der Waals surface area contributed by atoms with Crippen molar-refractivity contribution in [1.82, 2.24) is 0 Å². The summed E-state index contributed by atoms with van der Waals surface area (Å²) in [6.07, 6.45) is -1.28. The number of carbonyl (C=O) groups excluding carboxylic acids is 1. The second-order valence-electron chi connectivity index (χ2n) is 4.61. The Morgan fingerprint density at radius 1 is 1.25 bits per heavy atom. The van der Waals surface area contributed by atoms with Crippen molar-refractivity contribution in [2.24, 2.45) is 0 Å². The summed E-state index contributed by atoms with van der Waals surface area (Å²) in [6, 6.07) is 3.33. The number of alkyl halides is 3. The van der Waals surface area contributed by atoms with E-state index < -0.39 is 18.1 Å². The summed E-state index contributed by atoms with van der Waals surface area (Å²) < 4.78 is 45.2. The molecule has 1 aromatic rings. The van der Waals surface area contributed by atoms with Gasteiger partial charge >= 0.3 is 12.3 Å². The van der Waals surface area contributed by atoms with Crippen LogP contribution in [0.25, 0.3) is 0 Å². The zero-order valence-electron chi connectivity index (χ0n) is 10.6. The van der Waals surface area contributed by atoms with Gasteiger partial charge in [0.1, 0.15) is 6.10 Å². The molecule has 20 heavy (non-hydrogen) atoms. The third-order valence-corrected chi connectivity index (χ3v) is 3.05. The van der Waals surface area contributed by atoms with Crippen molar-refractivity contribution < 1.29 is 27.4 Å². The lowest BCUT2D eigenvalue weighted by Gasteiger charge is -2.13. The van der Waals surface area contributed by atoms with Gasteiger partial charge in [0.25, 0.3) is 0 Å². The molecule has 1 saturated carbocycles. The molecule has 0 saturated heterocycles. The number of nitrogen functional groups attached to an aromatic ring is 1. The minimum Gasteiger partial charge on any atom is -0.459 e. The minimum absolute atomic E-state index is 0.115. The molecule has 0 aromatic heterocycles. The SMILES string of the molecule is Nc1cc(C(=O)OC2CCCC2)ccc1OC(F)(F)F. The third-order valence-electron chi connectivity index (χ3n) is 3.05. The monoisotopic (exact) mass is 289 g/mol. The summed E-state index contributed by atoms with van der Waals surface area (Å²) in [5.74, 6) is -1.11. The normalized spacial score (nSPS) is 16.1. The Balaban J connectivity index is 2.06. The smallest absolute Gasteiger partial charge is 0.459 e. The van der Waals surface area contributed by atoms with Crippen LogP contribution in [-0.2, 0) is 4.74 Å². The molecule has 1 aromatic carbocycles. The predicted octanol–water partition coefficient (Wildman–Crippen LogP) is 3.27. The first-order valence-electron chi connectivity index (χ1n) is 6.21. The van der Waals surface area contributed by atoms with E-state index in [9.17, 15) is 18.0 Å². The molecular weight excluding hydrogens is 275 g/mol. The van der Waals surface area contributed by atoms with E-state index in [1.165, 1.54) is 6.07 Å². The van der Waals surface area contributed by atoms with Crippen molar-refractivity contribution in [3.05, 3.63) is 23.8 Å². The van der Waals surface area contributed by atoms with Crippen molar-refractivity contribution in [2.75, 3.05) is 5.73 Å². The van der Waals surface area contributed by atoms with Gasteiger partial charge in [0.15, 0.2) is 5.75 Å². The van der Waals surface area contributed by atoms with Crippen LogP contribution in [0.5, 0.6) is 5.75 Å². The highest BCUT2D eigenvalue weighted by Crippen LogP contribution is 2.29. The van der Waals surface area contributed by atoms with E-state index in [1.807, 2.05) is 0 Å². The maximum absolute atomic E-state index is 12.1. The van der Waals surface area contributed by atoms with Crippen LogP contribution in [-0.4, -0.2) is 18.4 Å². The highest BCUT2D eigenvalue weighted by molar-refractivity contribution is 5.91. The van der Waals surface area contributed by atoms with Crippen LogP contribution in [0.2, 0.25) is 0 Å². The summed E-state index contributed by atoms with van der Waals surface area (Å²) in [5, 5.41) is 0. The van der Waals surface area contributed by atoms with Crippen LogP contribution in [0, 0.1) is 0 Å². The van der Waals surface area contributed by atoms with Crippen molar-refractivity contribution in [3.63, 3.8) is 0 Å². The number of nitrogens with two attached hydrogens (primary N) is 1. The van der Waals surface area contributed by atoms with Gasteiger partial charge in [0, 0.05) is 0 Å². The van der Waals surface area contributed by atoms with Crippen molar-refractivity contribution in [2.45, 2.75) is 38.1 Å². The van der Waals surface area contributed by atoms with E-state index in [2.05, 4.69) is 4.74 Å². The highest BCUT2D eigenvalue weighted by atomic mass is 19.4. The predicted molar refractivity (Wildman–Crippen MR) is 65.2 cm³/mol. The quantitative estimate of drug-likeness (QED) is 0.685. The van der Waals surface area contributed by atoms with Crippen molar-refractivity contribution in [1.29, 1.82) is 0 Å². The van der Waals surface area contributed by atoms with Crippen molar-refractivity contribution in [3.8, 4) is 5.75 Å². The summed E-state index contributed by atoms with van der Waals surface area (Å²) >= 11 is 0. The zero-order chi connectivity index (χ0) is 14.8. The Morgan fingerprint density at radius 2 is 1.90 bits per heavy atom. The molecule has 0 heterocycles. The lowest BCUT2D eigenvalue weighted by atomic mass is 10.2. The number of hydrogen-bond acceptors (Lipinski definition) is 4. The lowest BCUT2D eigenvalue weighted by Crippen LogP contribution is -2.18. The van der Waals surface area contributed by atoms with Crippen LogP contribution in [0.4, 0.5) is 18.9 Å². The Hall–Kier alpha value is -1.92. The Kier molecular flexibility index (Phi) is 4.06. The van der Waals surface area contributed by atoms with Gasteiger partial charge in [-0.3, -0.25) is 0 Å². The first kappa shape index (κ1) is 14.5. The molecule has 0 amide bonds. The van der Waals surface area contributed by atoms with Gasteiger partial charge in [-0.25, -0.2) is 4.79 Å². The molecule has 2 N–H and O–H groups in total. The van der Waals surface area contributed by atoms with E-state index >= 15 is 0 Å². The average molecular weight is 289 g/mol. The molecule has 1 fully saturated rings. The van der Waals surface area contributed by atoms with Gasteiger partial charge in [-0.15, -0.1) is 13.2 Å². The molecule has 0 aliphatic heterocycles. The maximum Gasteiger partial charge on any atom is 0.573 e. The van der Waals surface area contributed by atoms with Gasteiger partial charge in [-0.2, -0.15) is 0 Å². The van der Waals surface area contributed by atoms with Gasteiger partial charge in [0.05, 0.1) is 11.3 Å². The summed E-state index contributed by atoms with van der Waals surface area (Å²) in [5.41, 5.74) is 5.30. The van der Waals surface area contributed by atoms with Crippen LogP contribution in [0.15, 0.2) is 18.2 Å². The number of rotatable bonds is 3. The molecule has 1 aliphatic carbocycles. The van der Waals surface area contributed by atoms with Gasteiger partial charge in [0.2, 0.25) is 0 Å². The Bertz CT molecular complexity index is 496. The molecule has 7 heteroatoms.